The summed E-state index contributed by atoms with van der Waals surface area (Å²) < 4.78 is 79.5. The van der Waals surface area contributed by atoms with Crippen LogP contribution in [-0.2, 0) is 6.18 Å². The highest BCUT2D eigenvalue weighted by atomic mass is 19.4. The van der Waals surface area contributed by atoms with Gasteiger partial charge < -0.3 is 8.83 Å². The number of hydrogen-bond acceptors (Lipinski definition) is 7. The highest BCUT2D eigenvalue weighted by molar-refractivity contribution is 5.71. The predicted octanol–water partition coefficient (Wildman–Crippen LogP) is 4.78. The van der Waals surface area contributed by atoms with E-state index >= 15 is 0 Å². The van der Waals surface area contributed by atoms with Crippen molar-refractivity contribution in [3.05, 3.63) is 81.1 Å². The van der Waals surface area contributed by atoms with Crippen LogP contribution in [0.5, 0.6) is 0 Å². The monoisotopic (exact) mass is 521 g/mol. The summed E-state index contributed by atoms with van der Waals surface area (Å²) in [5, 5.41) is 27.9. The van der Waals surface area contributed by atoms with Crippen molar-refractivity contribution in [1.29, 1.82) is 15.8 Å². The SMILES string of the molecule is C/C(C#N)=c1\nc(-c2ccc(C)c(F)c2)/c(=c2\oc(=C(C#N)C#N)nc2-c2ccc(C(F)(F)F)c(F)c2)o1. The van der Waals surface area contributed by atoms with Gasteiger partial charge in [0.25, 0.3) is 0 Å². The lowest BCUT2D eigenvalue weighted by atomic mass is 10.1. The summed E-state index contributed by atoms with van der Waals surface area (Å²) in [5.74, 6) is -2.20. The average molecular weight is 521 g/mol. The number of benzene rings is 2. The minimum absolute atomic E-state index is 0.0215. The Bertz CT molecular complexity index is 1940. The molecule has 0 aliphatic heterocycles. The zero-order valence-corrected chi connectivity index (χ0v) is 19.4. The molecule has 0 aliphatic carbocycles. The molecule has 4 aromatic rings. The van der Waals surface area contributed by atoms with Crippen LogP contribution in [0.15, 0.2) is 45.2 Å². The van der Waals surface area contributed by atoms with Crippen LogP contribution < -0.4 is 11.1 Å². The summed E-state index contributed by atoms with van der Waals surface area (Å²) in [7, 11) is 0. The Morgan fingerprint density at radius 1 is 0.789 bits per heavy atom. The van der Waals surface area contributed by atoms with Gasteiger partial charge in [-0.1, -0.05) is 18.2 Å². The van der Waals surface area contributed by atoms with E-state index in [2.05, 4.69) is 9.97 Å². The zero-order valence-electron chi connectivity index (χ0n) is 19.4. The van der Waals surface area contributed by atoms with Gasteiger partial charge in [0.05, 0.1) is 11.1 Å². The Labute approximate surface area is 209 Å². The molecule has 7 nitrogen and oxygen atoms in total. The third-order valence-corrected chi connectivity index (χ3v) is 5.38. The molecule has 0 aliphatic rings. The molecule has 2 aromatic heterocycles. The molecule has 0 radical (unpaired) electrons. The van der Waals surface area contributed by atoms with Crippen LogP contribution in [-0.4, -0.2) is 9.97 Å². The van der Waals surface area contributed by atoms with E-state index in [1.165, 1.54) is 26.0 Å². The van der Waals surface area contributed by atoms with Crippen molar-refractivity contribution in [2.24, 2.45) is 0 Å². The van der Waals surface area contributed by atoms with E-state index in [0.717, 1.165) is 12.1 Å². The largest absolute Gasteiger partial charge is 0.432 e. The Morgan fingerprint density at radius 2 is 1.32 bits per heavy atom. The van der Waals surface area contributed by atoms with Gasteiger partial charge in [-0.3, -0.25) is 0 Å². The topological polar surface area (TPSA) is 123 Å². The van der Waals surface area contributed by atoms with Crippen molar-refractivity contribution < 1.29 is 30.8 Å². The molecule has 0 spiro atoms. The van der Waals surface area contributed by atoms with E-state index in [-0.39, 0.29) is 44.5 Å². The molecule has 0 saturated heterocycles. The number of halogens is 5. The summed E-state index contributed by atoms with van der Waals surface area (Å²) in [6.45, 7) is 2.92. The molecule has 2 heterocycles. The van der Waals surface area contributed by atoms with E-state index in [0.29, 0.717) is 17.7 Å². The van der Waals surface area contributed by atoms with Crippen LogP contribution in [0.4, 0.5) is 22.0 Å². The van der Waals surface area contributed by atoms with Crippen molar-refractivity contribution in [2.75, 3.05) is 0 Å². The van der Waals surface area contributed by atoms with Crippen LogP contribution in [0.2, 0.25) is 0 Å². The summed E-state index contributed by atoms with van der Waals surface area (Å²) in [6.07, 6.45) is -4.96. The van der Waals surface area contributed by atoms with Gasteiger partial charge in [0.1, 0.15) is 41.2 Å². The molecule has 0 bridgehead atoms. The number of nitriles is 3. The Kier molecular flexibility index (Phi) is 6.55. The van der Waals surface area contributed by atoms with Crippen molar-refractivity contribution >= 4 is 11.1 Å². The second-order valence-electron chi connectivity index (χ2n) is 7.89. The standard InChI is InChI=1S/C26H12F5N5O2/c1-12-3-4-14(7-18(12)27)20-22(37-24(35-20)13(2)9-32)23-21(36-25(38-23)16(10-33)11-34)15-5-6-17(19(28)8-15)26(29,30)31/h3-8H,1-2H3/b23-22+,24-13-. The molecule has 0 unspecified atom stereocenters. The second-order valence-corrected chi connectivity index (χ2v) is 7.89. The van der Waals surface area contributed by atoms with Crippen molar-refractivity contribution in [3.63, 3.8) is 0 Å². The molecule has 0 atom stereocenters. The fraction of sp³-hybridized carbons (Fsp3) is 0.115. The van der Waals surface area contributed by atoms with Gasteiger partial charge >= 0.3 is 6.18 Å². The van der Waals surface area contributed by atoms with Gasteiger partial charge in [-0.15, -0.1) is 0 Å². The first-order valence-corrected chi connectivity index (χ1v) is 10.6. The van der Waals surface area contributed by atoms with E-state index in [1.807, 2.05) is 6.07 Å². The van der Waals surface area contributed by atoms with Gasteiger partial charge in [-0.05, 0) is 37.6 Å². The van der Waals surface area contributed by atoms with Crippen LogP contribution in [0, 0.1) is 63.4 Å². The molecule has 12 heteroatoms. The highest BCUT2D eigenvalue weighted by Crippen LogP contribution is 2.33. The Morgan fingerprint density at radius 3 is 1.82 bits per heavy atom. The smallest absolute Gasteiger partial charge is 0.419 e. The Balaban J connectivity index is 2.24. The van der Waals surface area contributed by atoms with Gasteiger partial charge in [0.15, 0.2) is 5.57 Å². The van der Waals surface area contributed by atoms with Gasteiger partial charge in [0.2, 0.25) is 21.9 Å². The number of oxazole rings is 2. The summed E-state index contributed by atoms with van der Waals surface area (Å²) in [6, 6.07) is 11.1. The zero-order chi connectivity index (χ0) is 27.8. The fourth-order valence-corrected chi connectivity index (χ4v) is 3.41. The minimum Gasteiger partial charge on any atom is -0.432 e. The average Bonchev–Trinajstić information content (AvgIpc) is 3.50. The van der Waals surface area contributed by atoms with Crippen molar-refractivity contribution in [1.82, 2.24) is 9.97 Å². The van der Waals surface area contributed by atoms with Crippen LogP contribution in [0.3, 0.4) is 0 Å². The van der Waals surface area contributed by atoms with E-state index < -0.39 is 34.5 Å². The number of rotatable bonds is 2. The van der Waals surface area contributed by atoms with E-state index in [9.17, 15) is 37.7 Å². The number of nitrogens with zero attached hydrogens (tertiary/aromatic N) is 5. The second kappa shape index (κ2) is 9.64. The molecule has 0 saturated carbocycles. The first-order valence-electron chi connectivity index (χ1n) is 10.6. The Hall–Kier alpha value is -5.28. The first-order chi connectivity index (χ1) is 18.0. The van der Waals surface area contributed by atoms with Gasteiger partial charge in [-0.2, -0.15) is 29.0 Å². The lowest BCUT2D eigenvalue weighted by Crippen LogP contribution is -2.08. The third-order valence-electron chi connectivity index (χ3n) is 5.38. The molecule has 38 heavy (non-hydrogen) atoms. The van der Waals surface area contributed by atoms with Crippen molar-refractivity contribution in [3.8, 4) is 40.7 Å². The molecular formula is C26H12F5N5O2. The van der Waals surface area contributed by atoms with Crippen LogP contribution >= 0.6 is 0 Å². The molecule has 188 valence electrons. The fourth-order valence-electron chi connectivity index (χ4n) is 3.41. The lowest BCUT2D eigenvalue weighted by molar-refractivity contribution is -0.139. The molecule has 4 rings (SSSR count). The van der Waals surface area contributed by atoms with Crippen molar-refractivity contribution in [2.45, 2.75) is 20.0 Å². The maximum absolute atomic E-state index is 14.4. The molecule has 0 amide bonds. The lowest BCUT2D eigenvalue weighted by Gasteiger charge is -2.08. The molecule has 0 fully saturated rings. The quantitative estimate of drug-likeness (QED) is 0.348. The first kappa shape index (κ1) is 25.8. The number of aromatic nitrogens is 2. The maximum atomic E-state index is 14.4. The van der Waals surface area contributed by atoms with E-state index in [4.69, 9.17) is 8.83 Å². The normalized spacial score (nSPS) is 12.8. The van der Waals surface area contributed by atoms with Crippen LogP contribution in [0.1, 0.15) is 18.1 Å². The maximum Gasteiger partial charge on any atom is 0.419 e. The predicted molar refractivity (Wildman–Crippen MR) is 120 cm³/mol. The highest BCUT2D eigenvalue weighted by Gasteiger charge is 2.34. The number of hydrogen-bond donors (Lipinski definition) is 0. The summed E-state index contributed by atoms with van der Waals surface area (Å²) in [5.41, 5.74) is -3.45. The van der Waals surface area contributed by atoms with Gasteiger partial charge in [-0.25, -0.2) is 18.7 Å². The van der Waals surface area contributed by atoms with Gasteiger partial charge in [0, 0.05) is 11.1 Å². The molecular weight excluding hydrogens is 509 g/mol. The molecule has 2 aromatic carbocycles. The molecule has 0 N–H and O–H groups in total. The summed E-state index contributed by atoms with van der Waals surface area (Å²) in [4.78, 5) is 8.29. The number of alkyl halides is 3. The minimum atomic E-state index is -4.96. The van der Waals surface area contributed by atoms with Crippen LogP contribution in [0.25, 0.3) is 33.7 Å². The summed E-state index contributed by atoms with van der Waals surface area (Å²) >= 11 is 0. The number of aryl methyl sites for hydroxylation is 1. The van der Waals surface area contributed by atoms with E-state index in [1.54, 1.807) is 12.1 Å². The third kappa shape index (κ3) is 4.61.